The van der Waals surface area contributed by atoms with Crippen molar-refractivity contribution < 1.29 is 22.4 Å². The van der Waals surface area contributed by atoms with Gasteiger partial charge in [0.1, 0.15) is 29.6 Å². The number of halogens is 3. The van der Waals surface area contributed by atoms with Gasteiger partial charge in [-0.3, -0.25) is 9.69 Å². The van der Waals surface area contributed by atoms with E-state index >= 15 is 0 Å². The highest BCUT2D eigenvalue weighted by molar-refractivity contribution is 5.93. The molecule has 0 saturated carbocycles. The van der Waals surface area contributed by atoms with Crippen molar-refractivity contribution in [3.63, 3.8) is 0 Å². The third-order valence-corrected chi connectivity index (χ3v) is 6.97. The normalized spacial score (nSPS) is 21.0. The van der Waals surface area contributed by atoms with Crippen LogP contribution in [0.4, 0.5) is 18.9 Å². The minimum Gasteiger partial charge on any atom is -0.484 e. The molecule has 3 aromatic rings. The molecular formula is C23H24F3N7O3. The summed E-state index contributed by atoms with van der Waals surface area (Å²) in [6.45, 7) is 4.99. The summed E-state index contributed by atoms with van der Waals surface area (Å²) < 4.78 is 51.7. The van der Waals surface area contributed by atoms with Crippen LogP contribution in [0.3, 0.4) is 0 Å². The number of pyridine rings is 2. The van der Waals surface area contributed by atoms with Crippen LogP contribution < -0.4 is 15.2 Å². The Morgan fingerprint density at radius 2 is 2.03 bits per heavy atom. The molecule has 0 unspecified atom stereocenters. The number of hydrogen-bond acceptors (Lipinski definition) is 9. The number of nitriles is 1. The van der Waals surface area contributed by atoms with Crippen LogP contribution in [0.15, 0.2) is 21.5 Å². The number of rotatable bonds is 4. The second kappa shape index (κ2) is 8.77. The molecule has 13 heteroatoms. The molecule has 5 rings (SSSR count). The van der Waals surface area contributed by atoms with E-state index in [1.807, 2.05) is 19.9 Å². The summed E-state index contributed by atoms with van der Waals surface area (Å²) in [7, 11) is 1.63. The highest BCUT2D eigenvalue weighted by Crippen LogP contribution is 2.41. The molecule has 5 heterocycles. The zero-order valence-electron chi connectivity index (χ0n) is 19.9. The molecule has 0 amide bonds. The Kier molecular flexibility index (Phi) is 5.86. The SMILES string of the molecule is CC[C@@H]1CN2c3c(c(=O)n(C)c4ccc(C#N)nc34)OC[C@@H]2CN1[C@H](CC)c1nc(C(F)(F)F)no1. The Morgan fingerprint density at radius 3 is 2.67 bits per heavy atom. The van der Waals surface area contributed by atoms with E-state index < -0.39 is 18.0 Å². The van der Waals surface area contributed by atoms with Crippen LogP contribution in [-0.2, 0) is 13.2 Å². The first kappa shape index (κ1) is 24.1. The Bertz CT molecular complexity index is 1410. The summed E-state index contributed by atoms with van der Waals surface area (Å²) in [5.74, 6) is -1.18. The maximum absolute atomic E-state index is 13.1. The first-order chi connectivity index (χ1) is 17.2. The van der Waals surface area contributed by atoms with Crippen molar-refractivity contribution in [2.24, 2.45) is 7.05 Å². The van der Waals surface area contributed by atoms with E-state index in [9.17, 15) is 23.2 Å². The van der Waals surface area contributed by atoms with E-state index in [0.717, 1.165) is 0 Å². The number of piperazine rings is 1. The third-order valence-electron chi connectivity index (χ3n) is 6.97. The smallest absolute Gasteiger partial charge is 0.455 e. The monoisotopic (exact) mass is 503 g/mol. The van der Waals surface area contributed by atoms with E-state index in [1.54, 1.807) is 19.2 Å². The van der Waals surface area contributed by atoms with Crippen molar-refractivity contribution in [2.75, 3.05) is 24.6 Å². The van der Waals surface area contributed by atoms with E-state index in [-0.39, 0.29) is 41.6 Å². The topological polar surface area (TPSA) is 113 Å². The van der Waals surface area contributed by atoms with Crippen molar-refractivity contribution in [1.29, 1.82) is 5.26 Å². The van der Waals surface area contributed by atoms with Gasteiger partial charge in [0.2, 0.25) is 11.6 Å². The lowest BCUT2D eigenvalue weighted by atomic mass is 9.98. The number of alkyl halides is 3. The van der Waals surface area contributed by atoms with Gasteiger partial charge in [0.05, 0.1) is 17.6 Å². The predicted molar refractivity (Wildman–Crippen MR) is 121 cm³/mol. The van der Waals surface area contributed by atoms with Crippen molar-refractivity contribution >= 4 is 16.7 Å². The van der Waals surface area contributed by atoms with Crippen molar-refractivity contribution in [2.45, 2.75) is 51.0 Å². The predicted octanol–water partition coefficient (Wildman–Crippen LogP) is 3.02. The van der Waals surface area contributed by atoms with Gasteiger partial charge in [-0.25, -0.2) is 4.98 Å². The maximum atomic E-state index is 13.1. The quantitative estimate of drug-likeness (QED) is 0.530. The van der Waals surface area contributed by atoms with E-state index in [4.69, 9.17) is 9.26 Å². The molecule has 190 valence electrons. The first-order valence-electron chi connectivity index (χ1n) is 11.7. The van der Waals surface area contributed by atoms with Crippen LogP contribution >= 0.6 is 0 Å². The van der Waals surface area contributed by atoms with Gasteiger partial charge in [0.15, 0.2) is 0 Å². The van der Waals surface area contributed by atoms with Crippen LogP contribution in [0, 0.1) is 11.3 Å². The molecule has 3 aromatic heterocycles. The molecule has 0 spiro atoms. The van der Waals surface area contributed by atoms with Crippen LogP contribution in [0.1, 0.15) is 50.1 Å². The molecule has 0 N–H and O–H groups in total. The molecule has 2 aliphatic rings. The fourth-order valence-electron chi connectivity index (χ4n) is 5.18. The average Bonchev–Trinajstić information content (AvgIpc) is 3.37. The molecule has 36 heavy (non-hydrogen) atoms. The molecule has 3 atom stereocenters. The van der Waals surface area contributed by atoms with E-state index in [0.29, 0.717) is 42.7 Å². The van der Waals surface area contributed by atoms with Gasteiger partial charge in [-0.2, -0.15) is 23.4 Å². The van der Waals surface area contributed by atoms with Gasteiger partial charge >= 0.3 is 6.18 Å². The number of aromatic nitrogens is 4. The highest BCUT2D eigenvalue weighted by atomic mass is 19.4. The van der Waals surface area contributed by atoms with E-state index in [2.05, 4.69) is 24.9 Å². The maximum Gasteiger partial charge on any atom is 0.455 e. The summed E-state index contributed by atoms with van der Waals surface area (Å²) >= 11 is 0. The Labute approximate surface area is 203 Å². The van der Waals surface area contributed by atoms with Crippen LogP contribution in [0.25, 0.3) is 11.0 Å². The molecule has 0 radical (unpaired) electrons. The molecule has 0 aromatic carbocycles. The molecular weight excluding hydrogens is 479 g/mol. The zero-order chi connectivity index (χ0) is 25.8. The minimum absolute atomic E-state index is 0.0755. The lowest BCUT2D eigenvalue weighted by Gasteiger charge is -2.50. The highest BCUT2D eigenvalue weighted by Gasteiger charge is 2.44. The average molecular weight is 503 g/mol. The van der Waals surface area contributed by atoms with Gasteiger partial charge in [0.25, 0.3) is 11.4 Å². The number of nitrogens with zero attached hydrogens (tertiary/aromatic N) is 7. The number of aryl methyl sites for hydroxylation is 1. The van der Waals surface area contributed by atoms with Gasteiger partial charge < -0.3 is 18.7 Å². The Balaban J connectivity index is 1.55. The first-order valence-corrected chi connectivity index (χ1v) is 11.7. The van der Waals surface area contributed by atoms with Gasteiger partial charge in [-0.1, -0.05) is 19.0 Å². The second-order valence-corrected chi connectivity index (χ2v) is 8.97. The zero-order valence-corrected chi connectivity index (χ0v) is 19.9. The number of hydrogen-bond donors (Lipinski definition) is 0. The molecule has 2 aliphatic heterocycles. The standard InChI is InChI=1S/C23H24F3N7O3/c1-4-13-9-33-14(10-32(13)15(5-2)20-29-22(30-36-20)23(24,25)26)11-35-19-18(33)17-16(31(3)21(19)34)7-6-12(8-27)28-17/h6-7,13-15H,4-5,9-11H2,1-3H3/t13-,14+,15-/m1/s1. The number of fused-ring (bicyclic) bond motifs is 5. The fraction of sp³-hybridized carbons (Fsp3) is 0.522. The van der Waals surface area contributed by atoms with E-state index in [1.165, 1.54) is 4.57 Å². The number of anilines is 1. The molecule has 0 bridgehead atoms. The summed E-state index contributed by atoms with van der Waals surface area (Å²) in [6.07, 6.45) is -3.53. The molecule has 1 fully saturated rings. The van der Waals surface area contributed by atoms with Crippen LogP contribution in [0.2, 0.25) is 0 Å². The molecule has 1 saturated heterocycles. The summed E-state index contributed by atoms with van der Waals surface area (Å²) in [6, 6.07) is 4.50. The number of ether oxygens (including phenoxy) is 1. The van der Waals surface area contributed by atoms with Crippen molar-refractivity contribution in [3.8, 4) is 11.8 Å². The molecule has 0 aliphatic carbocycles. The largest absolute Gasteiger partial charge is 0.484 e. The van der Waals surface area contributed by atoms with Crippen molar-refractivity contribution in [3.05, 3.63) is 39.9 Å². The minimum atomic E-state index is -4.69. The van der Waals surface area contributed by atoms with Crippen molar-refractivity contribution in [1.82, 2.24) is 24.6 Å². The van der Waals surface area contributed by atoms with Gasteiger partial charge in [0, 0.05) is 26.2 Å². The van der Waals surface area contributed by atoms with Crippen LogP contribution in [0.5, 0.6) is 5.75 Å². The molecule has 10 nitrogen and oxygen atoms in total. The van der Waals surface area contributed by atoms with Crippen LogP contribution in [-0.4, -0.2) is 56.4 Å². The third kappa shape index (κ3) is 3.76. The fourth-order valence-corrected chi connectivity index (χ4v) is 5.18. The Hall–Kier alpha value is -3.66. The van der Waals surface area contributed by atoms with Gasteiger partial charge in [-0.15, -0.1) is 0 Å². The summed E-state index contributed by atoms with van der Waals surface area (Å²) in [5, 5.41) is 12.5. The summed E-state index contributed by atoms with van der Waals surface area (Å²) in [5.41, 5.74) is 1.55. The lowest BCUT2D eigenvalue weighted by molar-refractivity contribution is -0.146. The second-order valence-electron chi connectivity index (χ2n) is 8.97. The Morgan fingerprint density at radius 1 is 1.25 bits per heavy atom. The summed E-state index contributed by atoms with van der Waals surface area (Å²) in [4.78, 5) is 25.4. The lowest BCUT2D eigenvalue weighted by Crippen LogP contribution is -2.62. The van der Waals surface area contributed by atoms with Gasteiger partial charge in [-0.05, 0) is 25.0 Å².